The van der Waals surface area contributed by atoms with Crippen LogP contribution in [0.1, 0.15) is 11.1 Å². The number of benzene rings is 1. The molecule has 100 valence electrons. The number of carboxylic acid groups (broad SMARTS) is 1. The number of hydrogen-bond donors (Lipinski definition) is 1. The van der Waals surface area contributed by atoms with Crippen molar-refractivity contribution in [3.8, 4) is 22.9 Å². The van der Waals surface area contributed by atoms with Crippen LogP contribution in [0.2, 0.25) is 0 Å². The van der Waals surface area contributed by atoms with E-state index in [2.05, 4.69) is 11.1 Å². The Balaban J connectivity index is 2.51. The van der Waals surface area contributed by atoms with Gasteiger partial charge in [0.1, 0.15) is 5.75 Å². The van der Waals surface area contributed by atoms with E-state index < -0.39 is 12.6 Å². The first-order valence-electron chi connectivity index (χ1n) is 5.91. The first-order chi connectivity index (χ1) is 9.61. The molecule has 0 aliphatic carbocycles. The first kappa shape index (κ1) is 13.6. The third-order valence-corrected chi connectivity index (χ3v) is 2.79. The maximum Gasteiger partial charge on any atom is 0.341 e. The van der Waals surface area contributed by atoms with Crippen molar-refractivity contribution in [3.05, 3.63) is 47.8 Å². The Hall–Kier alpha value is -2.87. The highest BCUT2D eigenvalue weighted by atomic mass is 16.5. The van der Waals surface area contributed by atoms with Crippen LogP contribution in [0.15, 0.2) is 36.7 Å². The van der Waals surface area contributed by atoms with E-state index in [9.17, 15) is 4.79 Å². The Bertz CT molecular complexity index is 690. The van der Waals surface area contributed by atoms with E-state index >= 15 is 0 Å². The summed E-state index contributed by atoms with van der Waals surface area (Å²) in [6.07, 6.45) is 3.34. The van der Waals surface area contributed by atoms with Crippen molar-refractivity contribution < 1.29 is 14.6 Å². The number of nitrogens with zero attached hydrogens (tertiary/aromatic N) is 2. The van der Waals surface area contributed by atoms with Gasteiger partial charge in [-0.2, -0.15) is 5.26 Å². The monoisotopic (exact) mass is 268 g/mol. The van der Waals surface area contributed by atoms with Crippen molar-refractivity contribution >= 4 is 5.97 Å². The van der Waals surface area contributed by atoms with Gasteiger partial charge in [0.05, 0.1) is 11.6 Å². The van der Waals surface area contributed by atoms with Crippen molar-refractivity contribution in [1.82, 2.24) is 4.98 Å². The van der Waals surface area contributed by atoms with Crippen molar-refractivity contribution in [2.75, 3.05) is 6.61 Å². The lowest BCUT2D eigenvalue weighted by Gasteiger charge is -2.12. The van der Waals surface area contributed by atoms with Gasteiger partial charge in [0.15, 0.2) is 6.61 Å². The van der Waals surface area contributed by atoms with Crippen LogP contribution in [0.4, 0.5) is 0 Å². The van der Waals surface area contributed by atoms with Crippen molar-refractivity contribution in [1.29, 1.82) is 5.26 Å². The van der Waals surface area contributed by atoms with Gasteiger partial charge >= 0.3 is 5.97 Å². The Morgan fingerprint density at radius 1 is 1.40 bits per heavy atom. The topological polar surface area (TPSA) is 83.2 Å². The third-order valence-electron chi connectivity index (χ3n) is 2.79. The Labute approximate surface area is 116 Å². The van der Waals surface area contributed by atoms with E-state index in [1.54, 1.807) is 30.6 Å². The molecule has 0 aliphatic rings. The molecular formula is C15H12N2O3. The molecule has 5 heteroatoms. The Kier molecular flexibility index (Phi) is 3.96. The molecule has 20 heavy (non-hydrogen) atoms. The number of carbonyl (C=O) groups is 1. The fourth-order valence-corrected chi connectivity index (χ4v) is 1.82. The molecule has 0 spiro atoms. The summed E-state index contributed by atoms with van der Waals surface area (Å²) in [5, 5.41) is 17.7. The molecule has 1 aromatic heterocycles. The molecule has 0 bridgehead atoms. The van der Waals surface area contributed by atoms with Crippen LogP contribution in [-0.4, -0.2) is 22.7 Å². The third kappa shape index (κ3) is 2.93. The van der Waals surface area contributed by atoms with Gasteiger partial charge in [0.2, 0.25) is 0 Å². The molecule has 0 unspecified atom stereocenters. The van der Waals surface area contributed by atoms with E-state index in [0.29, 0.717) is 16.9 Å². The average Bonchev–Trinajstić information content (AvgIpc) is 2.45. The Morgan fingerprint density at radius 3 is 2.85 bits per heavy atom. The molecule has 1 heterocycles. The predicted molar refractivity (Wildman–Crippen MR) is 72.3 cm³/mol. The molecule has 2 aromatic rings. The molecule has 5 nitrogen and oxygen atoms in total. The standard InChI is InChI=1S/C15H12N2O3/c1-10-4-5-17-8-13(10)12-6-11(7-16)2-3-14(12)20-9-15(18)19/h2-6,8H,9H2,1H3,(H,18,19). The van der Waals surface area contributed by atoms with Crippen LogP contribution in [-0.2, 0) is 4.79 Å². The van der Waals surface area contributed by atoms with Gasteiger partial charge in [-0.25, -0.2) is 4.79 Å². The van der Waals surface area contributed by atoms with Gasteiger partial charge in [0, 0.05) is 23.5 Å². The van der Waals surface area contributed by atoms with Gasteiger partial charge in [-0.15, -0.1) is 0 Å². The number of hydrogen-bond acceptors (Lipinski definition) is 4. The average molecular weight is 268 g/mol. The number of rotatable bonds is 4. The molecule has 1 N–H and O–H groups in total. The SMILES string of the molecule is Cc1ccncc1-c1cc(C#N)ccc1OCC(=O)O. The van der Waals surface area contributed by atoms with E-state index in [1.165, 1.54) is 0 Å². The second kappa shape index (κ2) is 5.85. The number of nitriles is 1. The molecule has 0 fully saturated rings. The zero-order valence-corrected chi connectivity index (χ0v) is 10.8. The zero-order chi connectivity index (χ0) is 14.5. The highest BCUT2D eigenvalue weighted by Gasteiger charge is 2.11. The van der Waals surface area contributed by atoms with Gasteiger partial charge in [-0.3, -0.25) is 4.98 Å². The largest absolute Gasteiger partial charge is 0.481 e. The number of pyridine rings is 1. The molecule has 2 rings (SSSR count). The van der Waals surface area contributed by atoms with Gasteiger partial charge in [0.25, 0.3) is 0 Å². The van der Waals surface area contributed by atoms with Gasteiger partial charge < -0.3 is 9.84 Å². The fraction of sp³-hybridized carbons (Fsp3) is 0.133. The molecule has 0 saturated carbocycles. The lowest BCUT2D eigenvalue weighted by molar-refractivity contribution is -0.139. The smallest absolute Gasteiger partial charge is 0.341 e. The normalized spacial score (nSPS) is 9.80. The molecule has 0 amide bonds. The minimum absolute atomic E-state index is 0.419. The van der Waals surface area contributed by atoms with Gasteiger partial charge in [-0.1, -0.05) is 0 Å². The summed E-state index contributed by atoms with van der Waals surface area (Å²) in [5.74, 6) is -0.634. The highest BCUT2D eigenvalue weighted by Crippen LogP contribution is 2.32. The second-order valence-electron chi connectivity index (χ2n) is 4.20. The molecule has 0 aliphatic heterocycles. The van der Waals surface area contributed by atoms with E-state index in [0.717, 1.165) is 11.1 Å². The lowest BCUT2D eigenvalue weighted by atomic mass is 10.00. The number of aryl methyl sites for hydroxylation is 1. The minimum Gasteiger partial charge on any atom is -0.481 e. The summed E-state index contributed by atoms with van der Waals surface area (Å²) < 4.78 is 5.27. The van der Waals surface area contributed by atoms with Crippen molar-refractivity contribution in [2.24, 2.45) is 0 Å². The van der Waals surface area contributed by atoms with Crippen molar-refractivity contribution in [2.45, 2.75) is 6.92 Å². The summed E-state index contributed by atoms with van der Waals surface area (Å²) in [6, 6.07) is 8.76. The van der Waals surface area contributed by atoms with Crippen LogP contribution in [0.25, 0.3) is 11.1 Å². The summed E-state index contributed by atoms with van der Waals surface area (Å²) >= 11 is 0. The van der Waals surface area contributed by atoms with Crippen LogP contribution < -0.4 is 4.74 Å². The first-order valence-corrected chi connectivity index (χ1v) is 5.91. The van der Waals surface area contributed by atoms with Crippen LogP contribution in [0.5, 0.6) is 5.75 Å². The van der Waals surface area contributed by atoms with Crippen molar-refractivity contribution in [3.63, 3.8) is 0 Å². The highest BCUT2D eigenvalue weighted by molar-refractivity contribution is 5.75. The van der Waals surface area contributed by atoms with E-state index in [1.807, 2.05) is 13.0 Å². The summed E-state index contributed by atoms with van der Waals surface area (Å²) in [4.78, 5) is 14.7. The number of aliphatic carboxylic acids is 1. The number of carboxylic acids is 1. The maximum atomic E-state index is 10.6. The van der Waals surface area contributed by atoms with Gasteiger partial charge in [-0.05, 0) is 36.8 Å². The van der Waals surface area contributed by atoms with E-state index in [4.69, 9.17) is 15.1 Å². The maximum absolute atomic E-state index is 10.6. The van der Waals surface area contributed by atoms with Crippen LogP contribution >= 0.6 is 0 Å². The summed E-state index contributed by atoms with van der Waals surface area (Å²) in [6.45, 7) is 1.48. The molecule has 1 aromatic carbocycles. The lowest BCUT2D eigenvalue weighted by Crippen LogP contribution is -2.10. The minimum atomic E-state index is -1.05. The fourth-order valence-electron chi connectivity index (χ4n) is 1.82. The molecule has 0 atom stereocenters. The predicted octanol–water partition coefficient (Wildman–Crippen LogP) is 2.39. The summed E-state index contributed by atoms with van der Waals surface area (Å²) in [7, 11) is 0. The molecular weight excluding hydrogens is 256 g/mol. The summed E-state index contributed by atoms with van der Waals surface area (Å²) in [5.41, 5.74) is 2.92. The quantitative estimate of drug-likeness (QED) is 0.920. The molecule has 0 saturated heterocycles. The van der Waals surface area contributed by atoms with Crippen LogP contribution in [0.3, 0.4) is 0 Å². The second-order valence-corrected chi connectivity index (χ2v) is 4.20. The van der Waals surface area contributed by atoms with Crippen LogP contribution in [0, 0.1) is 18.3 Å². The zero-order valence-electron chi connectivity index (χ0n) is 10.8. The number of ether oxygens (including phenoxy) is 1. The number of aromatic nitrogens is 1. The van der Waals surface area contributed by atoms with E-state index in [-0.39, 0.29) is 0 Å². The molecule has 0 radical (unpaired) electrons. The Morgan fingerprint density at radius 2 is 2.20 bits per heavy atom.